The molecule has 112 valence electrons. The topological polar surface area (TPSA) is 63.2 Å². The Balaban J connectivity index is 1.87. The number of ether oxygens (including phenoxy) is 1. The van der Waals surface area contributed by atoms with Crippen molar-refractivity contribution in [2.75, 3.05) is 19.0 Å². The van der Waals surface area contributed by atoms with E-state index in [1.165, 1.54) is 7.11 Å². The maximum absolute atomic E-state index is 11.9. The Morgan fingerprint density at radius 1 is 1.52 bits per heavy atom. The second-order valence-corrected chi connectivity index (χ2v) is 5.79. The Morgan fingerprint density at radius 2 is 2.33 bits per heavy atom. The zero-order valence-corrected chi connectivity index (χ0v) is 13.3. The zero-order chi connectivity index (χ0) is 15.2. The summed E-state index contributed by atoms with van der Waals surface area (Å²) in [5.41, 5.74) is 0.621. The number of hydrogen-bond acceptors (Lipinski definition) is 4. The summed E-state index contributed by atoms with van der Waals surface area (Å²) in [6.45, 7) is 2.54. The molecule has 0 bridgehead atoms. The zero-order valence-electron chi connectivity index (χ0n) is 11.7. The maximum atomic E-state index is 11.9. The highest BCUT2D eigenvalue weighted by Gasteiger charge is 2.10. The first kappa shape index (κ1) is 15.6. The first-order valence-corrected chi connectivity index (χ1v) is 7.63. The van der Waals surface area contributed by atoms with E-state index in [0.717, 1.165) is 5.01 Å². The van der Waals surface area contributed by atoms with Crippen molar-refractivity contribution in [1.82, 2.24) is 10.3 Å². The number of halogens is 1. The third kappa shape index (κ3) is 4.34. The number of benzene rings is 1. The molecule has 5 nitrogen and oxygen atoms in total. The van der Waals surface area contributed by atoms with Crippen molar-refractivity contribution < 1.29 is 9.53 Å². The summed E-state index contributed by atoms with van der Waals surface area (Å²) in [7, 11) is 1.53. The Hall–Kier alpha value is -1.79. The van der Waals surface area contributed by atoms with Crippen LogP contribution in [0.3, 0.4) is 0 Å². The van der Waals surface area contributed by atoms with Gasteiger partial charge in [-0.15, -0.1) is 11.3 Å². The van der Waals surface area contributed by atoms with Crippen LogP contribution in [0.15, 0.2) is 29.8 Å². The number of nitrogens with one attached hydrogen (secondary N) is 2. The Labute approximate surface area is 132 Å². The molecule has 1 atom stereocenters. The number of aromatic nitrogens is 1. The van der Waals surface area contributed by atoms with Gasteiger partial charge in [0.25, 0.3) is 0 Å². The third-order valence-electron chi connectivity index (χ3n) is 2.85. The van der Waals surface area contributed by atoms with E-state index >= 15 is 0 Å². The molecule has 0 aliphatic heterocycles. The number of methoxy groups -OCH3 is 1. The number of rotatable bonds is 5. The molecule has 1 aromatic heterocycles. The van der Waals surface area contributed by atoms with Crippen molar-refractivity contribution in [3.63, 3.8) is 0 Å². The van der Waals surface area contributed by atoms with Crippen LogP contribution in [0.4, 0.5) is 10.5 Å². The predicted octanol–water partition coefficient (Wildman–Crippen LogP) is 3.73. The summed E-state index contributed by atoms with van der Waals surface area (Å²) in [6.07, 6.45) is 1.76. The van der Waals surface area contributed by atoms with Crippen LogP contribution in [0.2, 0.25) is 5.02 Å². The van der Waals surface area contributed by atoms with Crippen molar-refractivity contribution in [3.05, 3.63) is 39.8 Å². The lowest BCUT2D eigenvalue weighted by molar-refractivity contribution is 0.251. The average molecular weight is 326 g/mol. The molecule has 0 saturated heterocycles. The van der Waals surface area contributed by atoms with Gasteiger partial charge >= 0.3 is 6.03 Å². The fraction of sp³-hybridized carbons (Fsp3) is 0.286. The van der Waals surface area contributed by atoms with Crippen molar-refractivity contribution in [3.8, 4) is 5.75 Å². The molecule has 2 N–H and O–H groups in total. The van der Waals surface area contributed by atoms with E-state index in [9.17, 15) is 4.79 Å². The van der Waals surface area contributed by atoms with Gasteiger partial charge in [-0.05, 0) is 12.1 Å². The average Bonchev–Trinajstić information content (AvgIpc) is 3.01. The molecule has 0 aliphatic rings. The molecular formula is C14H16ClN3O2S. The smallest absolute Gasteiger partial charge is 0.319 e. The van der Waals surface area contributed by atoms with Gasteiger partial charge in [0.1, 0.15) is 5.75 Å². The fourth-order valence-corrected chi connectivity index (χ4v) is 2.62. The van der Waals surface area contributed by atoms with E-state index in [0.29, 0.717) is 23.0 Å². The Bertz CT molecular complexity index is 604. The van der Waals surface area contributed by atoms with Crippen molar-refractivity contribution in [1.29, 1.82) is 0 Å². The van der Waals surface area contributed by atoms with Crippen LogP contribution in [0.5, 0.6) is 5.75 Å². The molecule has 21 heavy (non-hydrogen) atoms. The minimum absolute atomic E-state index is 0.176. The van der Waals surface area contributed by atoms with Gasteiger partial charge in [0.15, 0.2) is 0 Å². The van der Waals surface area contributed by atoms with Crippen LogP contribution < -0.4 is 15.4 Å². The number of urea groups is 1. The number of carbonyl (C=O) groups excluding carboxylic acids is 1. The molecular weight excluding hydrogens is 310 g/mol. The number of anilines is 1. The highest BCUT2D eigenvalue weighted by molar-refractivity contribution is 7.09. The lowest BCUT2D eigenvalue weighted by Crippen LogP contribution is -2.31. The molecule has 2 rings (SSSR count). The normalized spacial score (nSPS) is 11.8. The van der Waals surface area contributed by atoms with Crippen LogP contribution in [0.25, 0.3) is 0 Å². The molecule has 1 aromatic carbocycles. The van der Waals surface area contributed by atoms with Gasteiger partial charge in [-0.1, -0.05) is 18.5 Å². The molecule has 0 radical (unpaired) electrons. The van der Waals surface area contributed by atoms with Gasteiger partial charge in [0, 0.05) is 35.8 Å². The van der Waals surface area contributed by atoms with Gasteiger partial charge in [-0.25, -0.2) is 9.78 Å². The third-order valence-corrected chi connectivity index (χ3v) is 4.17. The van der Waals surface area contributed by atoms with E-state index in [2.05, 4.69) is 15.6 Å². The molecule has 0 spiro atoms. The van der Waals surface area contributed by atoms with Gasteiger partial charge < -0.3 is 15.4 Å². The monoisotopic (exact) mass is 325 g/mol. The standard InChI is InChI=1S/C14H16ClN3O2S/c1-9(13-16-5-6-21-13)8-17-14(19)18-10-3-4-11(15)12(7-10)20-2/h3-7,9H,8H2,1-2H3,(H2,17,18,19)/t9-/m1/s1. The molecule has 0 fully saturated rings. The second-order valence-electron chi connectivity index (χ2n) is 4.46. The van der Waals surface area contributed by atoms with Gasteiger partial charge in [-0.3, -0.25) is 0 Å². The Morgan fingerprint density at radius 3 is 3.00 bits per heavy atom. The first-order valence-electron chi connectivity index (χ1n) is 6.38. The number of thiazole rings is 1. The van der Waals surface area contributed by atoms with Crippen LogP contribution in [0, 0.1) is 0 Å². The highest BCUT2D eigenvalue weighted by atomic mass is 35.5. The van der Waals surface area contributed by atoms with Crippen molar-refractivity contribution >= 4 is 34.7 Å². The van der Waals surface area contributed by atoms with E-state index in [-0.39, 0.29) is 11.9 Å². The minimum atomic E-state index is -0.275. The number of nitrogens with zero attached hydrogens (tertiary/aromatic N) is 1. The lowest BCUT2D eigenvalue weighted by Gasteiger charge is -2.12. The number of hydrogen-bond donors (Lipinski definition) is 2. The number of amides is 2. The molecule has 0 aliphatic carbocycles. The van der Waals surface area contributed by atoms with E-state index < -0.39 is 0 Å². The van der Waals surface area contributed by atoms with Crippen molar-refractivity contribution in [2.24, 2.45) is 0 Å². The van der Waals surface area contributed by atoms with E-state index in [1.54, 1.807) is 35.7 Å². The summed E-state index contributed by atoms with van der Waals surface area (Å²) in [6, 6.07) is 4.79. The highest BCUT2D eigenvalue weighted by Crippen LogP contribution is 2.27. The summed E-state index contributed by atoms with van der Waals surface area (Å²) >= 11 is 7.51. The van der Waals surface area contributed by atoms with Crippen LogP contribution in [0.1, 0.15) is 17.8 Å². The molecule has 2 aromatic rings. The minimum Gasteiger partial charge on any atom is -0.495 e. The summed E-state index contributed by atoms with van der Waals surface area (Å²) in [5.74, 6) is 0.695. The lowest BCUT2D eigenvalue weighted by atomic mass is 10.2. The van der Waals surface area contributed by atoms with Gasteiger partial charge in [-0.2, -0.15) is 0 Å². The van der Waals surface area contributed by atoms with E-state index in [1.807, 2.05) is 12.3 Å². The fourth-order valence-electron chi connectivity index (χ4n) is 1.72. The molecule has 0 saturated carbocycles. The number of carbonyl (C=O) groups is 1. The molecule has 2 amide bonds. The molecule has 0 unspecified atom stereocenters. The second kappa shape index (κ2) is 7.28. The molecule has 7 heteroatoms. The Kier molecular flexibility index (Phi) is 5.41. The van der Waals surface area contributed by atoms with Gasteiger partial charge in [0.2, 0.25) is 0 Å². The maximum Gasteiger partial charge on any atom is 0.319 e. The van der Waals surface area contributed by atoms with Crippen LogP contribution in [-0.2, 0) is 0 Å². The summed E-state index contributed by atoms with van der Waals surface area (Å²) < 4.78 is 5.10. The predicted molar refractivity (Wildman–Crippen MR) is 85.6 cm³/mol. The van der Waals surface area contributed by atoms with E-state index in [4.69, 9.17) is 16.3 Å². The van der Waals surface area contributed by atoms with Crippen LogP contribution in [-0.4, -0.2) is 24.7 Å². The summed E-state index contributed by atoms with van der Waals surface area (Å²) in [5, 5.41) is 8.98. The van der Waals surface area contributed by atoms with Crippen LogP contribution >= 0.6 is 22.9 Å². The SMILES string of the molecule is COc1cc(NC(=O)NC[C@@H](C)c2nccs2)ccc1Cl. The summed E-state index contributed by atoms with van der Waals surface area (Å²) in [4.78, 5) is 16.1. The molecule has 1 heterocycles. The van der Waals surface area contributed by atoms with Gasteiger partial charge in [0.05, 0.1) is 17.1 Å². The largest absolute Gasteiger partial charge is 0.495 e. The van der Waals surface area contributed by atoms with Crippen molar-refractivity contribution in [2.45, 2.75) is 12.8 Å². The first-order chi connectivity index (χ1) is 10.1. The quantitative estimate of drug-likeness (QED) is 0.880.